The van der Waals surface area contributed by atoms with Crippen LogP contribution in [0.2, 0.25) is 0 Å². The maximum Gasteiger partial charge on any atom is 0.338 e. The van der Waals surface area contributed by atoms with E-state index >= 15 is 0 Å². The number of likely N-dealkylation sites (tertiary alicyclic amines) is 1. The lowest BCUT2D eigenvalue weighted by Crippen LogP contribution is -2.46. The number of nitrogens with zero attached hydrogens (tertiary/aromatic N) is 3. The number of Topliss-reactive ketones (excluding diaryl/α,β-unsaturated/α-hetero) is 1. The van der Waals surface area contributed by atoms with Crippen molar-refractivity contribution < 1.29 is 33.6 Å². The first-order valence-corrected chi connectivity index (χ1v) is 13.2. The summed E-state index contributed by atoms with van der Waals surface area (Å²) in [7, 11) is 1.68. The van der Waals surface area contributed by atoms with Crippen LogP contribution in [-0.4, -0.2) is 77.9 Å². The topological polar surface area (TPSA) is 136 Å². The van der Waals surface area contributed by atoms with E-state index in [1.54, 1.807) is 18.9 Å². The molecule has 11 heteroatoms. The molecule has 0 spiro atoms. The van der Waals surface area contributed by atoms with E-state index in [4.69, 9.17) is 4.74 Å². The van der Waals surface area contributed by atoms with Gasteiger partial charge in [-0.2, -0.15) is 0 Å². The molecule has 216 valence electrons. The van der Waals surface area contributed by atoms with E-state index in [1.165, 1.54) is 48.9 Å². The van der Waals surface area contributed by atoms with E-state index in [1.807, 2.05) is 6.08 Å². The summed E-state index contributed by atoms with van der Waals surface area (Å²) in [5, 5.41) is 10.7. The SMILES string of the molecule is C=CCCCCN(C)C(=O)N1CC(OC(=O)c2ccc([N+](=O)[O-])cc2)CC1C(C)=O.CC1CC1.CCOC=O. The van der Waals surface area contributed by atoms with Crippen LogP contribution in [0.4, 0.5) is 10.5 Å². The molecular weight excluding hydrogens is 506 g/mol. The Morgan fingerprint density at radius 3 is 2.26 bits per heavy atom. The molecule has 1 aliphatic carbocycles. The highest BCUT2D eigenvalue weighted by Gasteiger charge is 2.40. The number of nitro benzene ring substituents is 1. The number of hydrogen-bond donors (Lipinski definition) is 0. The molecule has 0 N–H and O–H groups in total. The number of unbranched alkanes of at least 4 members (excludes halogenated alkanes) is 2. The van der Waals surface area contributed by atoms with Crippen LogP contribution >= 0.6 is 0 Å². The van der Waals surface area contributed by atoms with Crippen LogP contribution in [0.15, 0.2) is 36.9 Å². The monoisotopic (exact) mass is 547 g/mol. The van der Waals surface area contributed by atoms with Gasteiger partial charge in [0.15, 0.2) is 5.78 Å². The minimum Gasteiger partial charge on any atom is -0.468 e. The highest BCUT2D eigenvalue weighted by molar-refractivity contribution is 5.90. The highest BCUT2D eigenvalue weighted by atomic mass is 16.6. The van der Waals surface area contributed by atoms with Crippen molar-refractivity contribution in [3.63, 3.8) is 0 Å². The summed E-state index contributed by atoms with van der Waals surface area (Å²) in [5.41, 5.74) is 0.0426. The Kier molecular flexibility index (Phi) is 15.1. The summed E-state index contributed by atoms with van der Waals surface area (Å²) in [5.74, 6) is 0.265. The lowest BCUT2D eigenvalue weighted by Gasteiger charge is -2.28. The molecule has 1 saturated heterocycles. The number of hydrogen-bond acceptors (Lipinski definition) is 8. The molecule has 1 aliphatic heterocycles. The summed E-state index contributed by atoms with van der Waals surface area (Å²) >= 11 is 0. The molecule has 39 heavy (non-hydrogen) atoms. The predicted octanol–water partition coefficient (Wildman–Crippen LogP) is 4.79. The van der Waals surface area contributed by atoms with Crippen LogP contribution in [0.1, 0.15) is 69.7 Å². The van der Waals surface area contributed by atoms with Crippen LogP contribution in [0.5, 0.6) is 0 Å². The Hall–Kier alpha value is -3.76. The normalized spacial score (nSPS) is 17.4. The van der Waals surface area contributed by atoms with Crippen molar-refractivity contribution in [3.05, 3.63) is 52.6 Å². The average molecular weight is 548 g/mol. The van der Waals surface area contributed by atoms with Gasteiger partial charge >= 0.3 is 12.0 Å². The lowest BCUT2D eigenvalue weighted by molar-refractivity contribution is -0.384. The molecule has 2 amide bonds. The Morgan fingerprint density at radius 2 is 1.82 bits per heavy atom. The standard InChI is InChI=1S/C21H27N3O6.C4H8.C3H6O2/c1-4-5-6-7-12-22(3)21(27)23-14-18(13-19(23)15(2)25)30-20(26)16-8-10-17(11-9-16)24(28)29;1-4-2-3-4;1-2-5-3-4/h4,8-11,18-19H,1,5-7,12-14H2,2-3H3;4H,2-3H2,1H3;3H,2H2,1H3. The lowest BCUT2D eigenvalue weighted by atomic mass is 10.1. The summed E-state index contributed by atoms with van der Waals surface area (Å²) in [6.45, 7) is 10.7. The molecule has 2 unspecified atom stereocenters. The van der Waals surface area contributed by atoms with Gasteiger partial charge in [-0.05, 0) is 51.2 Å². The Labute approximate surface area is 230 Å². The molecule has 0 bridgehead atoms. The fraction of sp³-hybridized carbons (Fsp3) is 0.571. The second kappa shape index (κ2) is 17.7. The van der Waals surface area contributed by atoms with Crippen molar-refractivity contribution in [2.75, 3.05) is 26.7 Å². The zero-order valence-corrected chi connectivity index (χ0v) is 23.4. The minimum atomic E-state index is -0.650. The fourth-order valence-electron chi connectivity index (χ4n) is 3.61. The van der Waals surface area contributed by atoms with E-state index in [0.717, 1.165) is 25.2 Å². The van der Waals surface area contributed by atoms with E-state index in [0.29, 0.717) is 19.6 Å². The van der Waals surface area contributed by atoms with Gasteiger partial charge in [-0.3, -0.25) is 19.7 Å². The van der Waals surface area contributed by atoms with E-state index < -0.39 is 23.0 Å². The Balaban J connectivity index is 0.000000717. The van der Waals surface area contributed by atoms with Crippen LogP contribution in [0.3, 0.4) is 0 Å². The number of carbonyl (C=O) groups is 4. The van der Waals surface area contributed by atoms with Crippen molar-refractivity contribution in [2.45, 2.75) is 71.4 Å². The smallest absolute Gasteiger partial charge is 0.338 e. The van der Waals surface area contributed by atoms with Crippen LogP contribution in [0.25, 0.3) is 0 Å². The molecule has 0 radical (unpaired) electrons. The van der Waals surface area contributed by atoms with Gasteiger partial charge < -0.3 is 19.3 Å². The molecule has 2 atom stereocenters. The quantitative estimate of drug-likeness (QED) is 0.0963. The zero-order chi connectivity index (χ0) is 29.4. The van der Waals surface area contributed by atoms with Crippen LogP contribution in [-0.2, 0) is 19.1 Å². The third-order valence-electron chi connectivity index (χ3n) is 6.14. The maximum atomic E-state index is 12.8. The third-order valence-corrected chi connectivity index (χ3v) is 6.14. The first-order valence-electron chi connectivity index (χ1n) is 13.2. The van der Waals surface area contributed by atoms with Gasteiger partial charge in [0.25, 0.3) is 12.2 Å². The molecule has 2 aliphatic rings. The van der Waals surface area contributed by atoms with Crippen molar-refractivity contribution >= 4 is 29.9 Å². The van der Waals surface area contributed by atoms with Crippen molar-refractivity contribution in [2.24, 2.45) is 5.92 Å². The maximum absolute atomic E-state index is 12.8. The molecule has 11 nitrogen and oxygen atoms in total. The number of rotatable bonds is 11. The van der Waals surface area contributed by atoms with E-state index in [9.17, 15) is 29.3 Å². The van der Waals surface area contributed by atoms with Crippen molar-refractivity contribution in [3.8, 4) is 0 Å². The third kappa shape index (κ3) is 12.6. The summed E-state index contributed by atoms with van der Waals surface area (Å²) < 4.78 is 9.62. The summed E-state index contributed by atoms with van der Waals surface area (Å²) in [6, 6.07) is 4.16. The fourth-order valence-corrected chi connectivity index (χ4v) is 3.61. The largest absolute Gasteiger partial charge is 0.468 e. The summed E-state index contributed by atoms with van der Waals surface area (Å²) in [4.78, 5) is 59.6. The zero-order valence-electron chi connectivity index (χ0n) is 23.4. The molecule has 1 aromatic carbocycles. The van der Waals surface area contributed by atoms with Gasteiger partial charge in [0.05, 0.1) is 29.7 Å². The van der Waals surface area contributed by atoms with Gasteiger partial charge in [0, 0.05) is 32.1 Å². The predicted molar refractivity (Wildman–Crippen MR) is 146 cm³/mol. The van der Waals surface area contributed by atoms with E-state index in [2.05, 4.69) is 18.2 Å². The Bertz CT molecular complexity index is 962. The molecular formula is C28H41N3O8. The Morgan fingerprint density at radius 1 is 1.21 bits per heavy atom. The number of amides is 2. The number of benzene rings is 1. The number of esters is 1. The molecule has 1 saturated carbocycles. The molecule has 3 rings (SSSR count). The molecule has 1 heterocycles. The first-order chi connectivity index (χ1) is 18.5. The first kappa shape index (κ1) is 33.3. The number of ether oxygens (including phenoxy) is 2. The second-order valence-electron chi connectivity index (χ2n) is 9.57. The molecule has 0 aromatic heterocycles. The van der Waals surface area contributed by atoms with Crippen LogP contribution < -0.4 is 0 Å². The van der Waals surface area contributed by atoms with Gasteiger partial charge in [-0.15, -0.1) is 6.58 Å². The second-order valence-corrected chi connectivity index (χ2v) is 9.57. The van der Waals surface area contributed by atoms with Crippen LogP contribution in [0, 0.1) is 16.0 Å². The van der Waals surface area contributed by atoms with Crippen molar-refractivity contribution in [1.82, 2.24) is 9.80 Å². The number of urea groups is 1. The number of ketones is 1. The highest BCUT2D eigenvalue weighted by Crippen LogP contribution is 2.27. The van der Waals surface area contributed by atoms with Gasteiger partial charge in [0.2, 0.25) is 0 Å². The van der Waals surface area contributed by atoms with Gasteiger partial charge in [-0.25, -0.2) is 9.59 Å². The van der Waals surface area contributed by atoms with Gasteiger partial charge in [-0.1, -0.05) is 25.8 Å². The average Bonchev–Trinajstić information content (AvgIpc) is 3.58. The number of nitro groups is 1. The number of allylic oxidation sites excluding steroid dienone is 1. The van der Waals surface area contributed by atoms with Crippen molar-refractivity contribution in [1.29, 1.82) is 0 Å². The number of carbonyl (C=O) groups excluding carboxylic acids is 4. The number of non-ortho nitro benzene ring substituents is 1. The molecule has 2 fully saturated rings. The molecule has 1 aromatic rings. The summed E-state index contributed by atoms with van der Waals surface area (Å²) in [6.07, 6.45) is 7.03. The van der Waals surface area contributed by atoms with E-state index in [-0.39, 0.29) is 36.0 Å². The van der Waals surface area contributed by atoms with Gasteiger partial charge in [0.1, 0.15) is 6.10 Å². The minimum absolute atomic E-state index is 0.124.